The van der Waals surface area contributed by atoms with E-state index in [4.69, 9.17) is 21.4 Å². The largest absolute Gasteiger partial charge is 0.508 e. The van der Waals surface area contributed by atoms with Crippen LogP contribution in [0.3, 0.4) is 0 Å². The molecule has 0 saturated carbocycles. The van der Waals surface area contributed by atoms with Crippen LogP contribution in [0.1, 0.15) is 18.4 Å². The van der Waals surface area contributed by atoms with Gasteiger partial charge in [0.15, 0.2) is 0 Å². The Morgan fingerprint density at radius 3 is 2.64 bits per heavy atom. The number of benzene rings is 1. The van der Waals surface area contributed by atoms with E-state index in [1.165, 1.54) is 13.2 Å². The number of aliphatic hydroxyl groups excluding tert-OH is 1. The fraction of sp³-hybridized carbons (Fsp3) is 0.400. The lowest BCUT2D eigenvalue weighted by Crippen LogP contribution is -1.99. The number of phenols is 1. The Hall–Kier alpha value is -0.930. The lowest BCUT2D eigenvalue weighted by molar-refractivity contribution is 0.270. The highest BCUT2D eigenvalue weighted by Gasteiger charge is 2.13. The van der Waals surface area contributed by atoms with Crippen LogP contribution in [0.2, 0.25) is 5.02 Å². The van der Waals surface area contributed by atoms with Gasteiger partial charge in [-0.3, -0.25) is 0 Å². The zero-order valence-electron chi connectivity index (χ0n) is 8.12. The minimum atomic E-state index is -0.140. The third-order valence-electron chi connectivity index (χ3n) is 2.11. The van der Waals surface area contributed by atoms with Gasteiger partial charge < -0.3 is 14.9 Å². The minimum Gasteiger partial charge on any atom is -0.508 e. The molecule has 0 radical (unpaired) electrons. The van der Waals surface area contributed by atoms with Crippen LogP contribution in [-0.2, 0) is 0 Å². The number of methoxy groups -OCH3 is 1. The molecule has 0 bridgehead atoms. The molecule has 0 aliphatic heterocycles. The molecule has 1 rings (SSSR count). The molecule has 4 heteroatoms. The fourth-order valence-electron chi connectivity index (χ4n) is 1.21. The average molecular weight is 217 g/mol. The maximum Gasteiger partial charge on any atom is 0.141 e. The van der Waals surface area contributed by atoms with E-state index in [-0.39, 0.29) is 18.3 Å². The van der Waals surface area contributed by atoms with Crippen molar-refractivity contribution in [2.24, 2.45) is 0 Å². The quantitative estimate of drug-likeness (QED) is 0.814. The summed E-state index contributed by atoms with van der Waals surface area (Å²) in [5.74, 6) is 0.379. The molecule has 1 aromatic carbocycles. The lowest BCUT2D eigenvalue weighted by atomic mass is 10.0. The van der Waals surface area contributed by atoms with E-state index in [1.54, 1.807) is 13.0 Å². The molecule has 0 aliphatic rings. The van der Waals surface area contributed by atoms with Gasteiger partial charge in [0, 0.05) is 24.2 Å². The summed E-state index contributed by atoms with van der Waals surface area (Å²) in [6.07, 6.45) is 0. The first-order chi connectivity index (χ1) is 6.60. The third-order valence-corrected chi connectivity index (χ3v) is 2.40. The van der Waals surface area contributed by atoms with Crippen molar-refractivity contribution < 1.29 is 14.9 Å². The van der Waals surface area contributed by atoms with Gasteiger partial charge in [-0.15, -0.1) is 0 Å². The molecule has 78 valence electrons. The van der Waals surface area contributed by atoms with E-state index in [9.17, 15) is 5.11 Å². The number of phenolic OH excluding ortho intramolecular Hbond substituents is 1. The predicted molar refractivity (Wildman–Crippen MR) is 55.2 cm³/mol. The van der Waals surface area contributed by atoms with Crippen molar-refractivity contribution in [3.05, 3.63) is 22.7 Å². The molecule has 0 heterocycles. The molecule has 1 aromatic rings. The zero-order chi connectivity index (χ0) is 10.7. The van der Waals surface area contributed by atoms with Crippen LogP contribution in [-0.4, -0.2) is 23.9 Å². The Morgan fingerprint density at radius 2 is 2.14 bits per heavy atom. The van der Waals surface area contributed by atoms with Gasteiger partial charge in [0.1, 0.15) is 11.5 Å². The van der Waals surface area contributed by atoms with E-state index >= 15 is 0 Å². The van der Waals surface area contributed by atoms with Crippen LogP contribution in [0.5, 0.6) is 11.5 Å². The molecule has 0 amide bonds. The summed E-state index contributed by atoms with van der Waals surface area (Å²) in [6.45, 7) is 1.77. The van der Waals surface area contributed by atoms with Gasteiger partial charge in [0.05, 0.1) is 12.1 Å². The third kappa shape index (κ3) is 2.11. The maximum absolute atomic E-state index is 9.60. The number of ether oxygens (including phenoxy) is 1. The summed E-state index contributed by atoms with van der Waals surface area (Å²) in [5, 5.41) is 19.0. The van der Waals surface area contributed by atoms with Crippen molar-refractivity contribution in [3.8, 4) is 11.5 Å². The zero-order valence-corrected chi connectivity index (χ0v) is 8.88. The fourth-order valence-corrected chi connectivity index (χ4v) is 1.46. The van der Waals surface area contributed by atoms with Gasteiger partial charge in [0.2, 0.25) is 0 Å². The van der Waals surface area contributed by atoms with Crippen LogP contribution >= 0.6 is 11.6 Å². The number of rotatable bonds is 3. The monoisotopic (exact) mass is 216 g/mol. The highest BCUT2D eigenvalue weighted by molar-refractivity contribution is 6.32. The number of hydrogen-bond acceptors (Lipinski definition) is 3. The van der Waals surface area contributed by atoms with Gasteiger partial charge in [-0.05, 0) is 6.07 Å². The molecule has 0 spiro atoms. The number of halogens is 1. The number of hydrogen-bond donors (Lipinski definition) is 2. The summed E-state index contributed by atoms with van der Waals surface area (Å²) >= 11 is 5.88. The molecule has 1 atom stereocenters. The molecule has 14 heavy (non-hydrogen) atoms. The van der Waals surface area contributed by atoms with Crippen molar-refractivity contribution in [3.63, 3.8) is 0 Å². The second-order valence-corrected chi connectivity index (χ2v) is 3.54. The van der Waals surface area contributed by atoms with Gasteiger partial charge in [-0.1, -0.05) is 18.5 Å². The number of aromatic hydroxyl groups is 1. The first-order valence-electron chi connectivity index (χ1n) is 4.27. The summed E-state index contributed by atoms with van der Waals surface area (Å²) in [7, 11) is 1.48. The van der Waals surface area contributed by atoms with Crippen molar-refractivity contribution in [1.82, 2.24) is 0 Å². The average Bonchev–Trinajstić information content (AvgIpc) is 2.19. The van der Waals surface area contributed by atoms with Gasteiger partial charge in [-0.2, -0.15) is 0 Å². The molecular weight excluding hydrogens is 204 g/mol. The van der Waals surface area contributed by atoms with E-state index in [0.29, 0.717) is 16.3 Å². The second kappa shape index (κ2) is 4.53. The standard InChI is InChI=1S/C10H13ClO3/c1-6(5-12)7-3-8(11)10(14-2)4-9(7)13/h3-4,6,12-13H,5H2,1-2H3. The highest BCUT2D eigenvalue weighted by Crippen LogP contribution is 2.35. The molecule has 2 N–H and O–H groups in total. The van der Waals surface area contributed by atoms with Crippen LogP contribution in [0.4, 0.5) is 0 Å². The van der Waals surface area contributed by atoms with Crippen molar-refractivity contribution >= 4 is 11.6 Å². The molecule has 1 unspecified atom stereocenters. The molecular formula is C10H13ClO3. The molecule has 0 aliphatic carbocycles. The normalized spacial score (nSPS) is 12.6. The highest BCUT2D eigenvalue weighted by atomic mass is 35.5. The smallest absolute Gasteiger partial charge is 0.141 e. The lowest BCUT2D eigenvalue weighted by Gasteiger charge is -2.12. The van der Waals surface area contributed by atoms with Crippen LogP contribution in [0.25, 0.3) is 0 Å². The Morgan fingerprint density at radius 1 is 1.50 bits per heavy atom. The summed E-state index contributed by atoms with van der Waals surface area (Å²) in [5.41, 5.74) is 0.623. The SMILES string of the molecule is COc1cc(O)c(C(C)CO)cc1Cl. The van der Waals surface area contributed by atoms with Gasteiger partial charge >= 0.3 is 0 Å². The maximum atomic E-state index is 9.60. The van der Waals surface area contributed by atoms with E-state index in [2.05, 4.69) is 0 Å². The first kappa shape index (κ1) is 11.1. The van der Waals surface area contributed by atoms with E-state index in [1.807, 2.05) is 0 Å². The van der Waals surface area contributed by atoms with E-state index < -0.39 is 0 Å². The molecule has 3 nitrogen and oxygen atoms in total. The predicted octanol–water partition coefficient (Wildman–Crippen LogP) is 2.15. The topological polar surface area (TPSA) is 49.7 Å². The Bertz CT molecular complexity index is 325. The Balaban J connectivity index is 3.14. The Labute approximate surface area is 87.9 Å². The van der Waals surface area contributed by atoms with Crippen LogP contribution in [0, 0.1) is 0 Å². The summed E-state index contributed by atoms with van der Waals surface area (Å²) < 4.78 is 4.94. The first-order valence-corrected chi connectivity index (χ1v) is 4.65. The van der Waals surface area contributed by atoms with Gasteiger partial charge in [0.25, 0.3) is 0 Å². The van der Waals surface area contributed by atoms with Crippen molar-refractivity contribution in [2.75, 3.05) is 13.7 Å². The number of aliphatic hydroxyl groups is 1. The van der Waals surface area contributed by atoms with Crippen molar-refractivity contribution in [1.29, 1.82) is 0 Å². The van der Waals surface area contributed by atoms with Crippen LogP contribution in [0.15, 0.2) is 12.1 Å². The van der Waals surface area contributed by atoms with E-state index in [0.717, 1.165) is 0 Å². The minimum absolute atomic E-state index is 0.0315. The van der Waals surface area contributed by atoms with Crippen molar-refractivity contribution in [2.45, 2.75) is 12.8 Å². The van der Waals surface area contributed by atoms with Crippen LogP contribution < -0.4 is 4.74 Å². The Kier molecular flexibility index (Phi) is 3.61. The summed E-state index contributed by atoms with van der Waals surface area (Å²) in [6, 6.07) is 3.06. The van der Waals surface area contributed by atoms with Gasteiger partial charge in [-0.25, -0.2) is 0 Å². The molecule has 0 fully saturated rings. The summed E-state index contributed by atoms with van der Waals surface area (Å²) in [4.78, 5) is 0. The molecule has 0 saturated heterocycles. The molecule has 0 aromatic heterocycles. The second-order valence-electron chi connectivity index (χ2n) is 3.13.